The molecular weight excluding hydrogens is 240 g/mol. The van der Waals surface area contributed by atoms with Crippen LogP contribution in [0.15, 0.2) is 0 Å². The van der Waals surface area contributed by atoms with Gasteiger partial charge in [-0.05, 0) is 12.8 Å². The van der Waals surface area contributed by atoms with Crippen LogP contribution in [0.25, 0.3) is 0 Å². The van der Waals surface area contributed by atoms with Crippen molar-refractivity contribution < 1.29 is 4.79 Å². The average molecular weight is 264 g/mol. The molecule has 1 N–H and O–H groups in total. The molecule has 0 unspecified atom stereocenters. The summed E-state index contributed by atoms with van der Waals surface area (Å²) in [6.07, 6.45) is 4.95. The van der Waals surface area contributed by atoms with Gasteiger partial charge in [-0.15, -0.1) is 0 Å². The maximum Gasteiger partial charge on any atom is 0.237 e. The molecule has 19 heavy (non-hydrogen) atoms. The Kier molecular flexibility index (Phi) is 4.78. The molecule has 5 heteroatoms. The fourth-order valence-corrected chi connectivity index (χ4v) is 3.06. The molecule has 106 valence electrons. The van der Waals surface area contributed by atoms with E-state index in [0.29, 0.717) is 6.54 Å². The summed E-state index contributed by atoms with van der Waals surface area (Å²) in [6, 6.07) is 2.41. The first-order valence-corrected chi connectivity index (χ1v) is 7.29. The van der Waals surface area contributed by atoms with Crippen molar-refractivity contribution in [2.24, 2.45) is 0 Å². The lowest BCUT2D eigenvalue weighted by Gasteiger charge is -2.40. The van der Waals surface area contributed by atoms with E-state index in [0.717, 1.165) is 51.9 Å². The molecule has 0 aromatic rings. The summed E-state index contributed by atoms with van der Waals surface area (Å²) in [7, 11) is 1.80. The van der Waals surface area contributed by atoms with Crippen LogP contribution >= 0.6 is 0 Å². The second kappa shape index (κ2) is 6.36. The zero-order valence-corrected chi connectivity index (χ0v) is 11.8. The Balaban J connectivity index is 1.95. The Hall–Kier alpha value is -1.12. The van der Waals surface area contributed by atoms with E-state index in [4.69, 9.17) is 0 Å². The molecule has 5 nitrogen and oxygen atoms in total. The quantitative estimate of drug-likeness (QED) is 0.810. The number of rotatable bonds is 3. The fraction of sp³-hybridized carbons (Fsp3) is 0.857. The van der Waals surface area contributed by atoms with Gasteiger partial charge >= 0.3 is 0 Å². The summed E-state index contributed by atoms with van der Waals surface area (Å²) >= 11 is 0. The van der Waals surface area contributed by atoms with Gasteiger partial charge in [0.2, 0.25) is 5.91 Å². The van der Waals surface area contributed by atoms with Crippen molar-refractivity contribution in [1.29, 1.82) is 5.26 Å². The van der Waals surface area contributed by atoms with Crippen LogP contribution in [0.2, 0.25) is 0 Å². The van der Waals surface area contributed by atoms with Crippen LogP contribution in [0.5, 0.6) is 0 Å². The fourth-order valence-electron chi connectivity index (χ4n) is 3.06. The zero-order valence-electron chi connectivity index (χ0n) is 11.8. The third-order valence-electron chi connectivity index (χ3n) is 4.47. The topological polar surface area (TPSA) is 59.4 Å². The number of amides is 1. The van der Waals surface area contributed by atoms with Crippen molar-refractivity contribution in [3.63, 3.8) is 0 Å². The molecule has 1 heterocycles. The monoisotopic (exact) mass is 264 g/mol. The molecule has 1 aliphatic carbocycles. The predicted molar refractivity (Wildman–Crippen MR) is 73.5 cm³/mol. The Bertz CT molecular complexity index is 351. The summed E-state index contributed by atoms with van der Waals surface area (Å²) in [5.74, 6) is 0.0883. The van der Waals surface area contributed by atoms with Gasteiger partial charge in [-0.3, -0.25) is 9.69 Å². The van der Waals surface area contributed by atoms with E-state index < -0.39 is 5.54 Å². The van der Waals surface area contributed by atoms with E-state index in [9.17, 15) is 10.1 Å². The number of hydrogen-bond acceptors (Lipinski definition) is 4. The second-order valence-electron chi connectivity index (χ2n) is 5.68. The SMILES string of the molecule is CN(C(=O)CN1CCNCC1)C1(C#N)CCCCC1. The number of likely N-dealkylation sites (N-methyl/N-ethyl adjacent to an activating group) is 1. The van der Waals surface area contributed by atoms with Crippen LogP contribution in [0.4, 0.5) is 0 Å². The normalized spacial score (nSPS) is 23.6. The number of nitrogens with zero attached hydrogens (tertiary/aromatic N) is 3. The molecule has 1 saturated heterocycles. The molecule has 1 aliphatic heterocycles. The zero-order chi connectivity index (χ0) is 13.7. The van der Waals surface area contributed by atoms with Gasteiger partial charge in [-0.2, -0.15) is 5.26 Å². The lowest BCUT2D eigenvalue weighted by Crippen LogP contribution is -2.54. The molecular formula is C14H24N4O. The van der Waals surface area contributed by atoms with E-state index in [-0.39, 0.29) is 5.91 Å². The van der Waals surface area contributed by atoms with Crippen molar-refractivity contribution in [2.75, 3.05) is 39.8 Å². The molecule has 2 rings (SSSR count). The highest BCUT2D eigenvalue weighted by Gasteiger charge is 2.39. The first kappa shape index (κ1) is 14.3. The molecule has 0 aromatic carbocycles. The second-order valence-corrected chi connectivity index (χ2v) is 5.68. The van der Waals surface area contributed by atoms with Gasteiger partial charge in [0.05, 0.1) is 12.6 Å². The Morgan fingerprint density at radius 3 is 2.53 bits per heavy atom. The number of nitriles is 1. The Morgan fingerprint density at radius 2 is 1.95 bits per heavy atom. The molecule has 0 spiro atoms. The summed E-state index contributed by atoms with van der Waals surface area (Å²) in [6.45, 7) is 4.17. The van der Waals surface area contributed by atoms with Crippen LogP contribution < -0.4 is 5.32 Å². The molecule has 0 atom stereocenters. The minimum Gasteiger partial charge on any atom is -0.326 e. The van der Waals surface area contributed by atoms with Crippen molar-refractivity contribution in [2.45, 2.75) is 37.6 Å². The van der Waals surface area contributed by atoms with Crippen LogP contribution in [0, 0.1) is 11.3 Å². The number of nitrogens with one attached hydrogen (secondary N) is 1. The van der Waals surface area contributed by atoms with Gasteiger partial charge < -0.3 is 10.2 Å². The van der Waals surface area contributed by atoms with Crippen molar-refractivity contribution >= 4 is 5.91 Å². The van der Waals surface area contributed by atoms with Crippen molar-refractivity contribution in [3.8, 4) is 6.07 Å². The van der Waals surface area contributed by atoms with E-state index >= 15 is 0 Å². The van der Waals surface area contributed by atoms with Gasteiger partial charge in [0, 0.05) is 33.2 Å². The maximum absolute atomic E-state index is 12.4. The number of hydrogen-bond donors (Lipinski definition) is 1. The van der Waals surface area contributed by atoms with Crippen molar-refractivity contribution in [1.82, 2.24) is 15.1 Å². The minimum absolute atomic E-state index is 0.0883. The van der Waals surface area contributed by atoms with Gasteiger partial charge in [0.1, 0.15) is 5.54 Å². The highest BCUT2D eigenvalue weighted by atomic mass is 16.2. The molecule has 0 bridgehead atoms. The van der Waals surface area contributed by atoms with Crippen molar-refractivity contribution in [3.05, 3.63) is 0 Å². The summed E-state index contributed by atoms with van der Waals surface area (Å²) in [5.41, 5.74) is -0.552. The standard InChI is InChI=1S/C14H24N4O/c1-17(14(12-15)5-3-2-4-6-14)13(19)11-18-9-7-16-8-10-18/h16H,2-11H2,1H3. The van der Waals surface area contributed by atoms with Gasteiger partial charge in [-0.25, -0.2) is 0 Å². The molecule has 0 radical (unpaired) electrons. The summed E-state index contributed by atoms with van der Waals surface area (Å²) < 4.78 is 0. The number of carbonyl (C=O) groups is 1. The average Bonchev–Trinajstić information content (AvgIpc) is 2.48. The first-order chi connectivity index (χ1) is 9.18. The van der Waals surface area contributed by atoms with Gasteiger partial charge in [0.25, 0.3) is 0 Å². The number of piperazine rings is 1. The third kappa shape index (κ3) is 3.26. The minimum atomic E-state index is -0.552. The lowest BCUT2D eigenvalue weighted by atomic mass is 9.81. The largest absolute Gasteiger partial charge is 0.326 e. The van der Waals surface area contributed by atoms with Crippen LogP contribution in [-0.2, 0) is 4.79 Å². The molecule has 2 aliphatic rings. The number of carbonyl (C=O) groups excluding carboxylic acids is 1. The van der Waals surface area contributed by atoms with Crippen LogP contribution in [0.1, 0.15) is 32.1 Å². The summed E-state index contributed by atoms with van der Waals surface area (Å²) in [5, 5.41) is 12.8. The third-order valence-corrected chi connectivity index (χ3v) is 4.47. The predicted octanol–water partition coefficient (Wildman–Crippen LogP) is 0.576. The Morgan fingerprint density at radius 1 is 1.32 bits per heavy atom. The highest BCUT2D eigenvalue weighted by Crippen LogP contribution is 2.32. The molecule has 0 aromatic heterocycles. The maximum atomic E-state index is 12.4. The lowest BCUT2D eigenvalue weighted by molar-refractivity contribution is -0.136. The molecule has 2 fully saturated rings. The summed E-state index contributed by atoms with van der Waals surface area (Å²) in [4.78, 5) is 16.3. The van der Waals surface area contributed by atoms with Crippen LogP contribution in [0.3, 0.4) is 0 Å². The Labute approximate surface area is 115 Å². The molecule has 1 saturated carbocycles. The van der Waals surface area contributed by atoms with Gasteiger partial charge in [-0.1, -0.05) is 19.3 Å². The van der Waals surface area contributed by atoms with Crippen LogP contribution in [-0.4, -0.2) is 61.0 Å². The van der Waals surface area contributed by atoms with E-state index in [1.807, 2.05) is 0 Å². The smallest absolute Gasteiger partial charge is 0.237 e. The first-order valence-electron chi connectivity index (χ1n) is 7.29. The highest BCUT2D eigenvalue weighted by molar-refractivity contribution is 5.79. The van der Waals surface area contributed by atoms with Gasteiger partial charge in [0.15, 0.2) is 0 Å². The van der Waals surface area contributed by atoms with E-state index in [2.05, 4.69) is 16.3 Å². The van der Waals surface area contributed by atoms with E-state index in [1.165, 1.54) is 6.42 Å². The molecule has 1 amide bonds. The van der Waals surface area contributed by atoms with E-state index in [1.54, 1.807) is 11.9 Å².